The Balaban J connectivity index is 2.42. The molecule has 0 saturated carbocycles. The number of nitrogens with zero attached hydrogens (tertiary/aromatic N) is 2. The molecule has 0 bridgehead atoms. The van der Waals surface area contributed by atoms with Crippen molar-refractivity contribution in [1.29, 1.82) is 0 Å². The highest BCUT2D eigenvalue weighted by Crippen LogP contribution is 2.13. The maximum absolute atomic E-state index is 12.2. The Kier molecular flexibility index (Phi) is 6.78. The largest absolute Gasteiger partial charge is 0.335 e. The quantitative estimate of drug-likeness (QED) is 0.746. The first kappa shape index (κ1) is 15.9. The summed E-state index contributed by atoms with van der Waals surface area (Å²) in [5.41, 5.74) is 5.72. The van der Waals surface area contributed by atoms with E-state index >= 15 is 0 Å². The van der Waals surface area contributed by atoms with Crippen LogP contribution in [0.25, 0.3) is 0 Å². The highest BCUT2D eigenvalue weighted by Gasteiger charge is 2.16. The van der Waals surface area contributed by atoms with Gasteiger partial charge in [0.05, 0.1) is 6.42 Å². The summed E-state index contributed by atoms with van der Waals surface area (Å²) in [5, 5.41) is 0. The molecule has 0 fully saturated rings. The third kappa shape index (κ3) is 5.55. The zero-order valence-corrected chi connectivity index (χ0v) is 12.4. The summed E-state index contributed by atoms with van der Waals surface area (Å²) < 4.78 is 2.08. The predicted molar refractivity (Wildman–Crippen MR) is 77.9 cm³/mol. The van der Waals surface area contributed by atoms with E-state index in [1.54, 1.807) is 6.20 Å². The van der Waals surface area contributed by atoms with Gasteiger partial charge in [0, 0.05) is 30.9 Å². The molecule has 1 aromatic rings. The lowest BCUT2D eigenvalue weighted by Gasteiger charge is -2.12. The van der Waals surface area contributed by atoms with E-state index in [1.807, 2.05) is 20.0 Å². The number of ketones is 1. The van der Waals surface area contributed by atoms with Crippen LogP contribution in [0.4, 0.5) is 0 Å². The van der Waals surface area contributed by atoms with Gasteiger partial charge >= 0.3 is 0 Å². The third-order valence-corrected chi connectivity index (χ3v) is 3.44. The number of Topliss-reactive ketones (excluding diaryl/α,β-unsaturated/α-hetero) is 1. The van der Waals surface area contributed by atoms with E-state index in [1.165, 1.54) is 0 Å². The first-order valence-electron chi connectivity index (χ1n) is 7.32. The fraction of sp³-hybridized carbons (Fsp3) is 0.733. The highest BCUT2D eigenvalue weighted by atomic mass is 16.1. The van der Waals surface area contributed by atoms with Crippen molar-refractivity contribution < 1.29 is 4.79 Å². The molecule has 108 valence electrons. The van der Waals surface area contributed by atoms with Crippen LogP contribution in [-0.2, 0) is 17.8 Å². The molecular formula is C15H27N3O. The molecule has 1 rings (SSSR count). The van der Waals surface area contributed by atoms with Gasteiger partial charge in [0.15, 0.2) is 0 Å². The Bertz CT molecular complexity index is 384. The fourth-order valence-electron chi connectivity index (χ4n) is 2.19. The van der Waals surface area contributed by atoms with E-state index in [0.29, 0.717) is 6.42 Å². The topological polar surface area (TPSA) is 60.9 Å². The molecule has 2 unspecified atom stereocenters. The number of rotatable bonds is 9. The smallest absolute Gasteiger partial charge is 0.143 e. The molecule has 2 N–H and O–H groups in total. The van der Waals surface area contributed by atoms with E-state index < -0.39 is 0 Å². The number of aryl methyl sites for hydroxylation is 1. The minimum atomic E-state index is 0.102. The summed E-state index contributed by atoms with van der Waals surface area (Å²) in [6.07, 6.45) is 8.17. The number of carbonyl (C=O) groups is 1. The van der Waals surface area contributed by atoms with Crippen LogP contribution in [0, 0.1) is 5.92 Å². The minimum absolute atomic E-state index is 0.102. The van der Waals surface area contributed by atoms with Crippen LogP contribution in [0.1, 0.15) is 52.3 Å². The number of hydrogen-bond acceptors (Lipinski definition) is 3. The zero-order chi connectivity index (χ0) is 14.3. The molecule has 19 heavy (non-hydrogen) atoms. The van der Waals surface area contributed by atoms with Crippen LogP contribution in [0.5, 0.6) is 0 Å². The van der Waals surface area contributed by atoms with Gasteiger partial charge < -0.3 is 10.3 Å². The molecule has 1 heterocycles. The Morgan fingerprint density at radius 3 is 2.79 bits per heavy atom. The first-order chi connectivity index (χ1) is 9.04. The average Bonchev–Trinajstić information content (AvgIpc) is 2.76. The predicted octanol–water partition coefficient (Wildman–Crippen LogP) is 2.56. The Hall–Kier alpha value is -1.16. The van der Waals surface area contributed by atoms with Crippen LogP contribution < -0.4 is 5.73 Å². The van der Waals surface area contributed by atoms with E-state index in [2.05, 4.69) is 16.5 Å². The van der Waals surface area contributed by atoms with Gasteiger partial charge in [0.1, 0.15) is 11.6 Å². The summed E-state index contributed by atoms with van der Waals surface area (Å²) in [5.74, 6) is 1.28. The standard InChI is InChI=1S/C15H27N3O/c1-4-9-18-10-8-17-15(18)11-14(19)12(2)6-5-7-13(3)16/h8,10,12-13H,4-7,9,11,16H2,1-3H3. The second-order valence-electron chi connectivity index (χ2n) is 5.49. The maximum atomic E-state index is 12.2. The molecule has 0 spiro atoms. The van der Waals surface area contributed by atoms with Crippen molar-refractivity contribution >= 4 is 5.78 Å². The number of imidazole rings is 1. The van der Waals surface area contributed by atoms with Crippen LogP contribution >= 0.6 is 0 Å². The third-order valence-electron chi connectivity index (χ3n) is 3.44. The van der Waals surface area contributed by atoms with Gasteiger partial charge in [-0.15, -0.1) is 0 Å². The van der Waals surface area contributed by atoms with Crippen LogP contribution in [-0.4, -0.2) is 21.4 Å². The van der Waals surface area contributed by atoms with Crippen molar-refractivity contribution in [2.75, 3.05) is 0 Å². The molecule has 0 amide bonds. The molecule has 1 aromatic heterocycles. The molecule has 0 saturated heterocycles. The summed E-state index contributed by atoms with van der Waals surface area (Å²) in [4.78, 5) is 16.4. The van der Waals surface area contributed by atoms with Crippen molar-refractivity contribution in [2.45, 2.75) is 65.5 Å². The average molecular weight is 265 g/mol. The normalized spacial score (nSPS) is 14.3. The number of aromatic nitrogens is 2. The van der Waals surface area contributed by atoms with E-state index in [0.717, 1.165) is 38.1 Å². The minimum Gasteiger partial charge on any atom is -0.335 e. The Labute approximate surface area is 116 Å². The van der Waals surface area contributed by atoms with Crippen molar-refractivity contribution in [3.8, 4) is 0 Å². The number of hydrogen-bond donors (Lipinski definition) is 1. The molecule has 0 radical (unpaired) electrons. The summed E-state index contributed by atoms with van der Waals surface area (Å²) in [6.45, 7) is 7.08. The Morgan fingerprint density at radius 2 is 2.16 bits per heavy atom. The molecular weight excluding hydrogens is 238 g/mol. The van der Waals surface area contributed by atoms with Crippen molar-refractivity contribution in [3.63, 3.8) is 0 Å². The zero-order valence-electron chi connectivity index (χ0n) is 12.4. The molecule has 2 atom stereocenters. The lowest BCUT2D eigenvalue weighted by atomic mass is 9.96. The number of nitrogens with two attached hydrogens (primary N) is 1. The fourth-order valence-corrected chi connectivity index (χ4v) is 2.19. The lowest BCUT2D eigenvalue weighted by molar-refractivity contribution is -0.122. The van der Waals surface area contributed by atoms with Gasteiger partial charge in [-0.3, -0.25) is 4.79 Å². The van der Waals surface area contributed by atoms with Crippen molar-refractivity contribution in [3.05, 3.63) is 18.2 Å². The van der Waals surface area contributed by atoms with Crippen molar-refractivity contribution in [2.24, 2.45) is 11.7 Å². The molecule has 4 heteroatoms. The summed E-state index contributed by atoms with van der Waals surface area (Å²) in [6, 6.07) is 0.228. The molecule has 0 aliphatic carbocycles. The second kappa shape index (κ2) is 8.10. The monoisotopic (exact) mass is 265 g/mol. The Morgan fingerprint density at radius 1 is 1.42 bits per heavy atom. The summed E-state index contributed by atoms with van der Waals surface area (Å²) >= 11 is 0. The van der Waals surface area contributed by atoms with Gasteiger partial charge in [-0.1, -0.05) is 20.3 Å². The number of carbonyl (C=O) groups excluding carboxylic acids is 1. The summed E-state index contributed by atoms with van der Waals surface area (Å²) in [7, 11) is 0. The second-order valence-corrected chi connectivity index (χ2v) is 5.49. The van der Waals surface area contributed by atoms with Gasteiger partial charge in [-0.05, 0) is 26.2 Å². The van der Waals surface area contributed by atoms with Gasteiger partial charge in [-0.2, -0.15) is 0 Å². The SMILES string of the molecule is CCCn1ccnc1CC(=O)C(C)CCCC(C)N. The van der Waals surface area contributed by atoms with Crippen LogP contribution in [0.15, 0.2) is 12.4 Å². The van der Waals surface area contributed by atoms with Gasteiger partial charge in [-0.25, -0.2) is 4.98 Å². The van der Waals surface area contributed by atoms with E-state index in [4.69, 9.17) is 5.73 Å². The van der Waals surface area contributed by atoms with Gasteiger partial charge in [0.25, 0.3) is 0 Å². The molecule has 4 nitrogen and oxygen atoms in total. The molecule has 0 aromatic carbocycles. The lowest BCUT2D eigenvalue weighted by Crippen LogP contribution is -2.19. The van der Waals surface area contributed by atoms with E-state index in [-0.39, 0.29) is 17.7 Å². The highest BCUT2D eigenvalue weighted by molar-refractivity contribution is 5.82. The van der Waals surface area contributed by atoms with Crippen molar-refractivity contribution in [1.82, 2.24) is 9.55 Å². The van der Waals surface area contributed by atoms with Gasteiger partial charge in [0.2, 0.25) is 0 Å². The maximum Gasteiger partial charge on any atom is 0.143 e. The molecule has 0 aliphatic rings. The van der Waals surface area contributed by atoms with E-state index in [9.17, 15) is 4.79 Å². The first-order valence-corrected chi connectivity index (χ1v) is 7.32. The van der Waals surface area contributed by atoms with Crippen LogP contribution in [0.2, 0.25) is 0 Å². The molecule has 0 aliphatic heterocycles. The van der Waals surface area contributed by atoms with Crippen LogP contribution in [0.3, 0.4) is 0 Å².